The molecule has 0 unspecified atom stereocenters. The van der Waals surface area contributed by atoms with Crippen LogP contribution in [0.4, 0.5) is 0 Å². The van der Waals surface area contributed by atoms with Crippen LogP contribution in [0.1, 0.15) is 21.5 Å². The maximum absolute atomic E-state index is 12.1. The predicted octanol–water partition coefficient (Wildman–Crippen LogP) is 1.65. The third-order valence-corrected chi connectivity index (χ3v) is 4.38. The lowest BCUT2D eigenvalue weighted by molar-refractivity contribution is -0.129. The summed E-state index contributed by atoms with van der Waals surface area (Å²) in [5, 5.41) is 9.03. The fourth-order valence-electron chi connectivity index (χ4n) is 2.30. The molecule has 0 atom stereocenters. The highest BCUT2D eigenvalue weighted by Gasteiger charge is 2.21. The number of benzene rings is 1. The molecule has 0 saturated heterocycles. The fraction of sp³-hybridized carbons (Fsp3) is 0.467. The van der Waals surface area contributed by atoms with Crippen LogP contribution in [0.5, 0.6) is 0 Å². The molecule has 1 aromatic carbocycles. The van der Waals surface area contributed by atoms with Crippen LogP contribution in [-0.4, -0.2) is 53.7 Å². The number of ether oxygens (including phenoxy) is 1. The minimum Gasteiger partial charge on any atom is -0.478 e. The number of hydrogen-bond donors (Lipinski definition) is 1. The number of nitrogens with zero attached hydrogens (tertiary/aromatic N) is 1. The predicted molar refractivity (Wildman–Crippen MR) is 81.7 cm³/mol. The van der Waals surface area contributed by atoms with E-state index in [-0.39, 0.29) is 11.5 Å². The van der Waals surface area contributed by atoms with E-state index in [4.69, 9.17) is 9.84 Å². The van der Waals surface area contributed by atoms with Gasteiger partial charge in [0.05, 0.1) is 17.9 Å². The van der Waals surface area contributed by atoms with E-state index in [1.807, 2.05) is 6.07 Å². The number of carbonyl (C=O) groups excluding carboxylic acids is 1. The fourth-order valence-corrected chi connectivity index (χ4v) is 3.08. The Bertz CT molecular complexity index is 532. The number of aromatic carboxylic acids is 1. The first kappa shape index (κ1) is 15.9. The average molecular weight is 309 g/mol. The van der Waals surface area contributed by atoms with Crippen LogP contribution in [0.15, 0.2) is 18.2 Å². The SMILES string of the molecule is COCCSCC(=O)N1CCc2ccc(C(=O)O)cc2C1. The molecular weight excluding hydrogens is 290 g/mol. The second-order valence-electron chi connectivity index (χ2n) is 4.90. The standard InChI is InChI=1S/C15H19NO4S/c1-20-6-7-21-10-14(17)16-5-4-11-2-3-12(15(18)19)8-13(11)9-16/h2-3,8H,4-7,9-10H2,1H3,(H,18,19). The van der Waals surface area contributed by atoms with Gasteiger partial charge in [0.25, 0.3) is 0 Å². The molecule has 1 aromatic rings. The Kier molecular flexibility index (Phi) is 5.64. The van der Waals surface area contributed by atoms with Gasteiger partial charge < -0.3 is 14.7 Å². The zero-order valence-corrected chi connectivity index (χ0v) is 12.8. The molecule has 0 radical (unpaired) electrons. The first-order valence-corrected chi connectivity index (χ1v) is 7.97. The molecule has 2 rings (SSSR count). The van der Waals surface area contributed by atoms with E-state index >= 15 is 0 Å². The van der Waals surface area contributed by atoms with Gasteiger partial charge in [-0.2, -0.15) is 0 Å². The molecule has 0 spiro atoms. The van der Waals surface area contributed by atoms with E-state index in [0.717, 1.165) is 23.3 Å². The molecule has 0 saturated carbocycles. The van der Waals surface area contributed by atoms with Crippen LogP contribution in [0, 0.1) is 0 Å². The largest absolute Gasteiger partial charge is 0.478 e. The average Bonchev–Trinajstić information content (AvgIpc) is 2.50. The highest BCUT2D eigenvalue weighted by atomic mass is 32.2. The maximum atomic E-state index is 12.1. The third-order valence-electron chi connectivity index (χ3n) is 3.48. The van der Waals surface area contributed by atoms with Crippen LogP contribution < -0.4 is 0 Å². The van der Waals surface area contributed by atoms with Crippen molar-refractivity contribution in [3.05, 3.63) is 34.9 Å². The zero-order chi connectivity index (χ0) is 15.2. The van der Waals surface area contributed by atoms with Gasteiger partial charge >= 0.3 is 5.97 Å². The van der Waals surface area contributed by atoms with Crippen molar-refractivity contribution >= 4 is 23.6 Å². The molecule has 0 aromatic heterocycles. The van der Waals surface area contributed by atoms with Gasteiger partial charge in [-0.15, -0.1) is 11.8 Å². The number of carboxylic acids is 1. The number of hydrogen-bond acceptors (Lipinski definition) is 4. The summed E-state index contributed by atoms with van der Waals surface area (Å²) in [6.07, 6.45) is 0.781. The Morgan fingerprint density at radius 2 is 2.19 bits per heavy atom. The molecule has 1 heterocycles. The maximum Gasteiger partial charge on any atom is 0.335 e. The summed E-state index contributed by atoms with van der Waals surface area (Å²) in [5.41, 5.74) is 2.35. The molecular formula is C15H19NO4S. The van der Waals surface area contributed by atoms with E-state index in [2.05, 4.69) is 0 Å². The summed E-state index contributed by atoms with van der Waals surface area (Å²) in [6, 6.07) is 5.16. The lowest BCUT2D eigenvalue weighted by Gasteiger charge is -2.29. The highest BCUT2D eigenvalue weighted by Crippen LogP contribution is 2.21. The number of thioether (sulfide) groups is 1. The van der Waals surface area contributed by atoms with Crippen molar-refractivity contribution in [1.29, 1.82) is 0 Å². The summed E-state index contributed by atoms with van der Waals surface area (Å²) in [7, 11) is 1.64. The number of amides is 1. The van der Waals surface area contributed by atoms with Crippen LogP contribution in [0.2, 0.25) is 0 Å². The molecule has 114 valence electrons. The highest BCUT2D eigenvalue weighted by molar-refractivity contribution is 7.99. The van der Waals surface area contributed by atoms with E-state index in [1.54, 1.807) is 35.9 Å². The molecule has 5 nitrogen and oxygen atoms in total. The Morgan fingerprint density at radius 1 is 1.38 bits per heavy atom. The number of rotatable bonds is 6. The smallest absolute Gasteiger partial charge is 0.335 e. The van der Waals surface area contributed by atoms with Crippen LogP contribution in [0.3, 0.4) is 0 Å². The molecule has 6 heteroatoms. The first-order valence-electron chi connectivity index (χ1n) is 6.81. The summed E-state index contributed by atoms with van der Waals surface area (Å²) >= 11 is 1.56. The normalized spacial score (nSPS) is 13.9. The van der Waals surface area contributed by atoms with Crippen molar-refractivity contribution in [2.75, 3.05) is 31.8 Å². The van der Waals surface area contributed by atoms with E-state index < -0.39 is 5.97 Å². The first-order chi connectivity index (χ1) is 10.1. The Morgan fingerprint density at radius 3 is 2.90 bits per heavy atom. The van der Waals surface area contributed by atoms with E-state index in [9.17, 15) is 9.59 Å². The molecule has 1 N–H and O–H groups in total. The quantitative estimate of drug-likeness (QED) is 0.809. The minimum atomic E-state index is -0.934. The minimum absolute atomic E-state index is 0.0995. The van der Waals surface area contributed by atoms with Crippen LogP contribution >= 0.6 is 11.8 Å². The van der Waals surface area contributed by atoms with Crippen molar-refractivity contribution < 1.29 is 19.4 Å². The van der Waals surface area contributed by atoms with Gasteiger partial charge in [0.1, 0.15) is 0 Å². The summed E-state index contributed by atoms with van der Waals surface area (Å²) in [6.45, 7) is 1.84. The van der Waals surface area contributed by atoms with Crippen LogP contribution in [-0.2, 0) is 22.5 Å². The number of fused-ring (bicyclic) bond motifs is 1. The zero-order valence-electron chi connectivity index (χ0n) is 12.0. The monoisotopic (exact) mass is 309 g/mol. The molecule has 1 aliphatic rings. The van der Waals surface area contributed by atoms with E-state index in [1.165, 1.54) is 0 Å². The van der Waals surface area contributed by atoms with Crippen molar-refractivity contribution in [3.8, 4) is 0 Å². The number of carboxylic acid groups (broad SMARTS) is 1. The Labute approximate surface area is 128 Å². The van der Waals surface area contributed by atoms with Gasteiger partial charge in [0, 0.05) is 26.0 Å². The third kappa shape index (κ3) is 4.22. The van der Waals surface area contributed by atoms with Crippen LogP contribution in [0.25, 0.3) is 0 Å². The molecule has 0 bridgehead atoms. The van der Waals surface area contributed by atoms with Gasteiger partial charge in [0.2, 0.25) is 5.91 Å². The Hall–Kier alpha value is -1.53. The summed E-state index contributed by atoms with van der Waals surface area (Å²) in [4.78, 5) is 24.9. The van der Waals surface area contributed by atoms with Gasteiger partial charge in [-0.3, -0.25) is 4.79 Å². The second-order valence-corrected chi connectivity index (χ2v) is 6.00. The van der Waals surface area contributed by atoms with Crippen molar-refractivity contribution in [2.24, 2.45) is 0 Å². The Balaban J connectivity index is 1.96. The van der Waals surface area contributed by atoms with Crippen molar-refractivity contribution in [3.63, 3.8) is 0 Å². The van der Waals surface area contributed by atoms with Gasteiger partial charge in [-0.1, -0.05) is 6.07 Å². The van der Waals surface area contributed by atoms with Crippen molar-refractivity contribution in [2.45, 2.75) is 13.0 Å². The summed E-state index contributed by atoms with van der Waals surface area (Å²) < 4.78 is 4.95. The summed E-state index contributed by atoms with van der Waals surface area (Å²) in [5.74, 6) is 0.409. The van der Waals surface area contributed by atoms with Gasteiger partial charge in [-0.05, 0) is 29.7 Å². The van der Waals surface area contributed by atoms with Crippen molar-refractivity contribution in [1.82, 2.24) is 4.90 Å². The number of methoxy groups -OCH3 is 1. The lowest BCUT2D eigenvalue weighted by atomic mass is 9.97. The molecule has 0 aliphatic carbocycles. The van der Waals surface area contributed by atoms with E-state index in [0.29, 0.717) is 25.4 Å². The molecule has 21 heavy (non-hydrogen) atoms. The lowest BCUT2D eigenvalue weighted by Crippen LogP contribution is -2.37. The molecule has 0 fully saturated rings. The van der Waals surface area contributed by atoms with Gasteiger partial charge in [0.15, 0.2) is 0 Å². The van der Waals surface area contributed by atoms with Gasteiger partial charge in [-0.25, -0.2) is 4.79 Å². The number of carbonyl (C=O) groups is 2. The second kappa shape index (κ2) is 7.47. The molecule has 1 aliphatic heterocycles. The topological polar surface area (TPSA) is 66.8 Å². The molecule has 1 amide bonds.